The first-order chi connectivity index (χ1) is 8.74. The lowest BCUT2D eigenvalue weighted by atomic mass is 10.00. The Morgan fingerprint density at radius 2 is 2.00 bits per heavy atom. The second-order valence-electron chi connectivity index (χ2n) is 5.21. The van der Waals surface area contributed by atoms with Gasteiger partial charge in [0.25, 0.3) is 4.84 Å². The molecule has 0 spiro atoms. The third-order valence-electron chi connectivity index (χ3n) is 3.79. The molecule has 1 aliphatic heterocycles. The van der Waals surface area contributed by atoms with Gasteiger partial charge in [-0.1, -0.05) is 19.1 Å². The molecule has 0 unspecified atom stereocenters. The Kier molecular flexibility index (Phi) is 3.22. The summed E-state index contributed by atoms with van der Waals surface area (Å²) in [4.78, 5) is 3.03. The van der Waals surface area contributed by atoms with Gasteiger partial charge in [0.05, 0.1) is 12.2 Å². The Morgan fingerprint density at radius 1 is 1.28 bits per heavy atom. The Hall–Kier alpha value is -1.13. The summed E-state index contributed by atoms with van der Waals surface area (Å²) in [5, 5.41) is 0. The Balaban J connectivity index is 1.86. The molecular formula is C14H18N2OS. The van der Waals surface area contributed by atoms with Crippen LogP contribution in [0.3, 0.4) is 0 Å². The minimum atomic E-state index is 0.579. The zero-order valence-electron chi connectivity index (χ0n) is 10.6. The summed E-state index contributed by atoms with van der Waals surface area (Å²) in [6, 6.07) is 8.05. The van der Waals surface area contributed by atoms with E-state index in [1.165, 1.54) is 12.8 Å². The fraction of sp³-hybridized carbons (Fsp3) is 0.500. The number of oxazole rings is 1. The number of hydrogen-bond donors (Lipinski definition) is 0. The molecule has 3 nitrogen and oxygen atoms in total. The van der Waals surface area contributed by atoms with Crippen molar-refractivity contribution in [3.8, 4) is 0 Å². The van der Waals surface area contributed by atoms with Gasteiger partial charge in [-0.05, 0) is 43.1 Å². The number of aromatic nitrogens is 1. The second kappa shape index (κ2) is 4.86. The Morgan fingerprint density at radius 3 is 2.78 bits per heavy atom. The van der Waals surface area contributed by atoms with Crippen LogP contribution < -0.4 is 0 Å². The average molecular weight is 262 g/mol. The molecule has 1 aromatic heterocycles. The highest BCUT2D eigenvalue weighted by atomic mass is 32.1. The van der Waals surface area contributed by atoms with Gasteiger partial charge in [-0.15, -0.1) is 0 Å². The molecule has 96 valence electrons. The van der Waals surface area contributed by atoms with E-state index in [1.807, 2.05) is 18.2 Å². The van der Waals surface area contributed by atoms with Crippen molar-refractivity contribution in [1.29, 1.82) is 0 Å². The topological polar surface area (TPSA) is 21.3 Å². The van der Waals surface area contributed by atoms with E-state index in [0.717, 1.165) is 36.8 Å². The molecule has 1 aliphatic rings. The monoisotopic (exact) mass is 262 g/mol. The minimum Gasteiger partial charge on any atom is -0.429 e. The first kappa shape index (κ1) is 11.9. The molecule has 0 radical (unpaired) electrons. The van der Waals surface area contributed by atoms with Crippen LogP contribution in [0.2, 0.25) is 0 Å². The van der Waals surface area contributed by atoms with Gasteiger partial charge in [-0.2, -0.15) is 0 Å². The van der Waals surface area contributed by atoms with E-state index in [1.54, 1.807) is 0 Å². The van der Waals surface area contributed by atoms with Crippen molar-refractivity contribution in [3.05, 3.63) is 29.1 Å². The predicted octanol–water partition coefficient (Wildman–Crippen LogP) is 3.65. The maximum absolute atomic E-state index is 5.61. The highest BCUT2D eigenvalue weighted by Crippen LogP contribution is 2.20. The number of nitrogens with zero attached hydrogens (tertiary/aromatic N) is 2. The number of fused-ring (bicyclic) bond motifs is 1. The van der Waals surface area contributed by atoms with Crippen molar-refractivity contribution >= 4 is 23.3 Å². The maximum Gasteiger partial charge on any atom is 0.270 e. The predicted molar refractivity (Wildman–Crippen MR) is 75.0 cm³/mol. The van der Waals surface area contributed by atoms with Gasteiger partial charge in [-0.3, -0.25) is 9.47 Å². The van der Waals surface area contributed by atoms with E-state index in [-0.39, 0.29) is 0 Å². The van der Waals surface area contributed by atoms with Gasteiger partial charge in [0.2, 0.25) is 0 Å². The normalized spacial score (nSPS) is 18.5. The minimum absolute atomic E-state index is 0.579. The van der Waals surface area contributed by atoms with Crippen LogP contribution in [0.5, 0.6) is 0 Å². The van der Waals surface area contributed by atoms with E-state index in [0.29, 0.717) is 4.84 Å². The molecule has 0 atom stereocenters. The highest BCUT2D eigenvalue weighted by molar-refractivity contribution is 7.71. The van der Waals surface area contributed by atoms with Crippen LogP contribution in [0, 0.1) is 10.8 Å². The molecule has 0 amide bonds. The van der Waals surface area contributed by atoms with Crippen LogP contribution >= 0.6 is 12.2 Å². The molecule has 0 aliphatic carbocycles. The largest absolute Gasteiger partial charge is 0.429 e. The fourth-order valence-corrected chi connectivity index (χ4v) is 2.80. The maximum atomic E-state index is 5.61. The zero-order chi connectivity index (χ0) is 12.5. The van der Waals surface area contributed by atoms with Crippen LogP contribution in [0.15, 0.2) is 28.7 Å². The number of rotatable bonds is 2. The molecule has 4 heteroatoms. The first-order valence-corrected chi connectivity index (χ1v) is 6.95. The van der Waals surface area contributed by atoms with Crippen molar-refractivity contribution in [3.63, 3.8) is 0 Å². The zero-order valence-corrected chi connectivity index (χ0v) is 11.4. The van der Waals surface area contributed by atoms with Crippen molar-refractivity contribution in [2.45, 2.75) is 26.4 Å². The van der Waals surface area contributed by atoms with E-state index in [2.05, 4.69) is 22.5 Å². The number of para-hydroxylation sites is 2. The lowest BCUT2D eigenvalue weighted by Crippen LogP contribution is -2.34. The summed E-state index contributed by atoms with van der Waals surface area (Å²) in [5.41, 5.74) is 1.98. The van der Waals surface area contributed by atoms with Crippen molar-refractivity contribution in [2.75, 3.05) is 13.1 Å². The lowest BCUT2D eigenvalue weighted by molar-refractivity contribution is 0.153. The summed E-state index contributed by atoms with van der Waals surface area (Å²) >= 11 is 5.31. The van der Waals surface area contributed by atoms with Gasteiger partial charge in [0.1, 0.15) is 0 Å². The molecule has 1 fully saturated rings. The quantitative estimate of drug-likeness (QED) is 0.771. The average Bonchev–Trinajstić information content (AvgIpc) is 2.69. The first-order valence-electron chi connectivity index (χ1n) is 6.55. The third-order valence-corrected chi connectivity index (χ3v) is 4.10. The summed E-state index contributed by atoms with van der Waals surface area (Å²) in [5.74, 6) is 0.857. The summed E-state index contributed by atoms with van der Waals surface area (Å²) in [6.45, 7) is 5.49. The van der Waals surface area contributed by atoms with Crippen molar-refractivity contribution in [2.24, 2.45) is 5.92 Å². The Bertz CT molecular complexity index is 593. The SMILES string of the molecule is CC1CCN(Cn2c(=S)oc3ccccc32)CC1. The summed E-state index contributed by atoms with van der Waals surface area (Å²) in [7, 11) is 0. The van der Waals surface area contributed by atoms with Crippen LogP contribution in [0.1, 0.15) is 19.8 Å². The third kappa shape index (κ3) is 2.22. The second-order valence-corrected chi connectivity index (χ2v) is 5.55. The number of likely N-dealkylation sites (tertiary alicyclic amines) is 1. The number of piperidine rings is 1. The molecule has 1 saturated heterocycles. The molecule has 3 rings (SSSR count). The molecular weight excluding hydrogens is 244 g/mol. The van der Waals surface area contributed by atoms with Crippen LogP contribution in [0.4, 0.5) is 0 Å². The fourth-order valence-electron chi connectivity index (χ4n) is 2.55. The van der Waals surface area contributed by atoms with Gasteiger partial charge in [-0.25, -0.2) is 0 Å². The van der Waals surface area contributed by atoms with Crippen LogP contribution in [-0.2, 0) is 6.67 Å². The highest BCUT2D eigenvalue weighted by Gasteiger charge is 2.17. The van der Waals surface area contributed by atoms with Crippen molar-refractivity contribution in [1.82, 2.24) is 9.47 Å². The molecule has 0 saturated carbocycles. The molecule has 0 N–H and O–H groups in total. The van der Waals surface area contributed by atoms with E-state index in [4.69, 9.17) is 16.6 Å². The number of benzene rings is 1. The van der Waals surface area contributed by atoms with E-state index < -0.39 is 0 Å². The summed E-state index contributed by atoms with van der Waals surface area (Å²) < 4.78 is 7.71. The van der Waals surface area contributed by atoms with Gasteiger partial charge in [0.15, 0.2) is 5.58 Å². The van der Waals surface area contributed by atoms with Crippen LogP contribution in [0.25, 0.3) is 11.1 Å². The molecule has 2 aromatic rings. The molecule has 18 heavy (non-hydrogen) atoms. The number of hydrogen-bond acceptors (Lipinski definition) is 3. The van der Waals surface area contributed by atoms with E-state index in [9.17, 15) is 0 Å². The van der Waals surface area contributed by atoms with E-state index >= 15 is 0 Å². The molecule has 2 heterocycles. The molecule has 1 aromatic carbocycles. The van der Waals surface area contributed by atoms with Gasteiger partial charge < -0.3 is 4.42 Å². The smallest absolute Gasteiger partial charge is 0.270 e. The Labute approximate surface area is 112 Å². The summed E-state index contributed by atoms with van der Waals surface area (Å²) in [6.07, 6.45) is 2.56. The van der Waals surface area contributed by atoms with Gasteiger partial charge >= 0.3 is 0 Å². The molecule has 0 bridgehead atoms. The van der Waals surface area contributed by atoms with Crippen LogP contribution in [-0.4, -0.2) is 22.6 Å². The lowest BCUT2D eigenvalue weighted by Gasteiger charge is -2.30. The van der Waals surface area contributed by atoms with Gasteiger partial charge in [0, 0.05) is 13.1 Å². The standard InChI is InChI=1S/C14H18N2OS/c1-11-6-8-15(9-7-11)10-16-12-4-2-3-5-13(12)17-14(16)18/h2-5,11H,6-10H2,1H3. The van der Waals surface area contributed by atoms with Crippen molar-refractivity contribution < 1.29 is 4.42 Å².